The Kier molecular flexibility index (Phi) is 8.27. The van der Waals surface area contributed by atoms with Gasteiger partial charge >= 0.3 is 0 Å². The highest BCUT2D eigenvalue weighted by molar-refractivity contribution is 7.98. The molecule has 1 aliphatic heterocycles. The van der Waals surface area contributed by atoms with Gasteiger partial charge in [-0.15, -0.1) is 12.4 Å². The minimum absolute atomic E-state index is 0. The second kappa shape index (κ2) is 9.44. The molecule has 4 nitrogen and oxygen atoms in total. The third kappa shape index (κ3) is 4.52. The molecule has 1 amide bonds. The van der Waals surface area contributed by atoms with Crippen molar-refractivity contribution >= 4 is 35.9 Å². The number of piperidine rings is 1. The standard InChI is InChI=1S/C18H26N2O2S.ClH/c1-14(21)18(15-6-4-3-5-7-15)9-11-20(12-10-18)17(22)16(19)8-13-23-2;/h3-7,16H,8-13,19H2,1-2H3;1H/t16-;/m0./s1. The van der Waals surface area contributed by atoms with Crippen LogP contribution in [-0.4, -0.2) is 47.7 Å². The van der Waals surface area contributed by atoms with Crippen LogP contribution in [0.1, 0.15) is 31.7 Å². The lowest BCUT2D eigenvalue weighted by atomic mass is 9.70. The van der Waals surface area contributed by atoms with Crippen LogP contribution in [0.4, 0.5) is 0 Å². The maximum absolute atomic E-state index is 12.4. The van der Waals surface area contributed by atoms with Crippen LogP contribution in [0.5, 0.6) is 0 Å². The molecule has 1 heterocycles. The zero-order valence-corrected chi connectivity index (χ0v) is 16.0. The molecule has 1 aliphatic rings. The molecule has 1 saturated heterocycles. The molecular formula is C18H27ClN2O2S. The summed E-state index contributed by atoms with van der Waals surface area (Å²) in [6.45, 7) is 2.86. The minimum atomic E-state index is -0.457. The van der Waals surface area contributed by atoms with Crippen LogP contribution in [0.15, 0.2) is 30.3 Å². The summed E-state index contributed by atoms with van der Waals surface area (Å²) in [6, 6.07) is 9.50. The predicted octanol–water partition coefficient (Wildman–Crippen LogP) is 2.64. The van der Waals surface area contributed by atoms with Gasteiger partial charge in [-0.05, 0) is 43.8 Å². The number of hydrogen-bond donors (Lipinski definition) is 1. The van der Waals surface area contributed by atoms with Crippen molar-refractivity contribution in [1.29, 1.82) is 0 Å². The van der Waals surface area contributed by atoms with Crippen LogP contribution in [0.25, 0.3) is 0 Å². The molecule has 1 aromatic rings. The Balaban J connectivity index is 0.00000288. The number of carbonyl (C=O) groups is 2. The molecule has 2 N–H and O–H groups in total. The van der Waals surface area contributed by atoms with Gasteiger partial charge in [0.15, 0.2) is 0 Å². The van der Waals surface area contributed by atoms with Crippen molar-refractivity contribution in [2.45, 2.75) is 37.6 Å². The highest BCUT2D eigenvalue weighted by atomic mass is 35.5. The van der Waals surface area contributed by atoms with E-state index in [4.69, 9.17) is 5.73 Å². The topological polar surface area (TPSA) is 63.4 Å². The quantitative estimate of drug-likeness (QED) is 0.836. The first-order chi connectivity index (χ1) is 11.0. The van der Waals surface area contributed by atoms with Gasteiger partial charge in [-0.25, -0.2) is 0 Å². The molecule has 0 aliphatic carbocycles. The number of amides is 1. The van der Waals surface area contributed by atoms with E-state index in [1.807, 2.05) is 41.5 Å². The molecule has 0 spiro atoms. The SMILES string of the molecule is CSCC[C@H](N)C(=O)N1CCC(C(C)=O)(c2ccccc2)CC1.Cl. The van der Waals surface area contributed by atoms with Gasteiger partial charge in [-0.2, -0.15) is 11.8 Å². The summed E-state index contributed by atoms with van der Waals surface area (Å²) < 4.78 is 0. The Morgan fingerprint density at radius 2 is 1.83 bits per heavy atom. The van der Waals surface area contributed by atoms with Crippen LogP contribution in [0, 0.1) is 0 Å². The Morgan fingerprint density at radius 1 is 1.25 bits per heavy atom. The van der Waals surface area contributed by atoms with E-state index in [1.54, 1.807) is 18.7 Å². The molecule has 0 unspecified atom stereocenters. The number of benzene rings is 1. The fourth-order valence-electron chi connectivity index (χ4n) is 3.31. The predicted molar refractivity (Wildman–Crippen MR) is 103 cm³/mol. The van der Waals surface area contributed by atoms with E-state index >= 15 is 0 Å². The van der Waals surface area contributed by atoms with Gasteiger partial charge in [0, 0.05) is 13.1 Å². The molecule has 2 rings (SSSR count). The number of carbonyl (C=O) groups excluding carboxylic acids is 2. The van der Waals surface area contributed by atoms with Crippen molar-refractivity contribution in [3.05, 3.63) is 35.9 Å². The van der Waals surface area contributed by atoms with Gasteiger partial charge in [0.25, 0.3) is 0 Å². The number of hydrogen-bond acceptors (Lipinski definition) is 4. The number of ketones is 1. The van der Waals surface area contributed by atoms with Crippen molar-refractivity contribution in [3.63, 3.8) is 0 Å². The zero-order valence-electron chi connectivity index (χ0n) is 14.4. The Labute approximate surface area is 155 Å². The molecule has 1 aromatic carbocycles. The van der Waals surface area contributed by atoms with Gasteiger partial charge < -0.3 is 10.6 Å². The average Bonchev–Trinajstić information content (AvgIpc) is 2.59. The first-order valence-corrected chi connectivity index (χ1v) is 9.50. The van der Waals surface area contributed by atoms with Crippen LogP contribution in [0.2, 0.25) is 0 Å². The van der Waals surface area contributed by atoms with Crippen molar-refractivity contribution in [2.75, 3.05) is 25.1 Å². The average molecular weight is 371 g/mol. The molecule has 1 fully saturated rings. The van der Waals surface area contributed by atoms with Crippen molar-refractivity contribution in [2.24, 2.45) is 5.73 Å². The fraction of sp³-hybridized carbons (Fsp3) is 0.556. The third-order valence-electron chi connectivity index (χ3n) is 4.88. The van der Waals surface area contributed by atoms with Crippen LogP contribution < -0.4 is 5.73 Å². The molecule has 24 heavy (non-hydrogen) atoms. The normalized spacial score (nSPS) is 17.7. The molecule has 0 saturated carbocycles. The van der Waals surface area contributed by atoms with Crippen molar-refractivity contribution < 1.29 is 9.59 Å². The highest BCUT2D eigenvalue weighted by Crippen LogP contribution is 2.36. The highest BCUT2D eigenvalue weighted by Gasteiger charge is 2.41. The second-order valence-electron chi connectivity index (χ2n) is 6.22. The monoisotopic (exact) mass is 370 g/mol. The molecule has 0 bridgehead atoms. The molecule has 0 radical (unpaired) electrons. The lowest BCUT2D eigenvalue weighted by Gasteiger charge is -2.41. The van der Waals surface area contributed by atoms with Crippen LogP contribution in [0.3, 0.4) is 0 Å². The smallest absolute Gasteiger partial charge is 0.239 e. The van der Waals surface area contributed by atoms with E-state index in [0.717, 1.165) is 11.3 Å². The van der Waals surface area contributed by atoms with Gasteiger partial charge in [0.1, 0.15) is 5.78 Å². The third-order valence-corrected chi connectivity index (χ3v) is 5.52. The number of halogens is 1. The Morgan fingerprint density at radius 3 is 2.33 bits per heavy atom. The number of nitrogens with zero attached hydrogens (tertiary/aromatic N) is 1. The molecule has 6 heteroatoms. The number of likely N-dealkylation sites (tertiary alicyclic amines) is 1. The zero-order chi connectivity index (χ0) is 16.9. The summed E-state index contributed by atoms with van der Waals surface area (Å²) in [5.74, 6) is 1.09. The Hall–Kier alpha value is -1.04. The number of Topliss-reactive ketones (excluding diaryl/α,β-unsaturated/α-hetero) is 1. The van der Waals surface area contributed by atoms with Gasteiger partial charge in [0.05, 0.1) is 11.5 Å². The second-order valence-corrected chi connectivity index (χ2v) is 7.20. The lowest BCUT2D eigenvalue weighted by Crippen LogP contribution is -2.52. The van der Waals surface area contributed by atoms with Crippen LogP contribution >= 0.6 is 24.2 Å². The minimum Gasteiger partial charge on any atom is -0.341 e. The maximum Gasteiger partial charge on any atom is 0.239 e. The first-order valence-electron chi connectivity index (χ1n) is 8.11. The summed E-state index contributed by atoms with van der Waals surface area (Å²) in [4.78, 5) is 26.6. The number of nitrogens with two attached hydrogens (primary N) is 1. The van der Waals surface area contributed by atoms with E-state index in [0.29, 0.717) is 32.4 Å². The van der Waals surface area contributed by atoms with Crippen molar-refractivity contribution in [1.82, 2.24) is 4.90 Å². The van der Waals surface area contributed by atoms with Gasteiger partial charge in [-0.1, -0.05) is 30.3 Å². The maximum atomic E-state index is 12.4. The van der Waals surface area contributed by atoms with Crippen LogP contribution in [-0.2, 0) is 15.0 Å². The Bertz CT molecular complexity index is 545. The van der Waals surface area contributed by atoms with E-state index < -0.39 is 11.5 Å². The fourth-order valence-corrected chi connectivity index (χ4v) is 3.80. The van der Waals surface area contributed by atoms with E-state index in [1.165, 1.54) is 0 Å². The lowest BCUT2D eigenvalue weighted by molar-refractivity contribution is -0.136. The van der Waals surface area contributed by atoms with E-state index in [-0.39, 0.29) is 24.1 Å². The first kappa shape index (κ1) is 21.0. The summed E-state index contributed by atoms with van der Waals surface area (Å²) in [6.07, 6.45) is 4.06. The van der Waals surface area contributed by atoms with Crippen molar-refractivity contribution in [3.8, 4) is 0 Å². The summed E-state index contributed by atoms with van der Waals surface area (Å²) in [5.41, 5.74) is 6.61. The summed E-state index contributed by atoms with van der Waals surface area (Å²) >= 11 is 1.70. The largest absolute Gasteiger partial charge is 0.341 e. The summed E-state index contributed by atoms with van der Waals surface area (Å²) in [5, 5.41) is 0. The van der Waals surface area contributed by atoms with Gasteiger partial charge in [-0.3, -0.25) is 9.59 Å². The molecule has 1 atom stereocenters. The molecule has 134 valence electrons. The number of thioether (sulfide) groups is 1. The van der Waals surface area contributed by atoms with E-state index in [2.05, 4.69) is 0 Å². The molecular weight excluding hydrogens is 344 g/mol. The molecule has 0 aromatic heterocycles. The van der Waals surface area contributed by atoms with E-state index in [9.17, 15) is 9.59 Å². The number of rotatable bonds is 6. The van der Waals surface area contributed by atoms with Gasteiger partial charge in [0.2, 0.25) is 5.91 Å². The summed E-state index contributed by atoms with van der Waals surface area (Å²) in [7, 11) is 0.